The SMILES string of the molecule is CC1(CN=C(NCC2CCS(=O)(=O)C2)NC2CC3CCC2C3)CCOCC1.I. The Labute approximate surface area is 187 Å². The fourth-order valence-corrected chi connectivity index (χ4v) is 7.18. The Hall–Kier alpha value is -0.0900. The molecule has 4 unspecified atom stereocenters. The van der Waals surface area contributed by atoms with Gasteiger partial charge in [-0.25, -0.2) is 8.42 Å². The van der Waals surface area contributed by atoms with Gasteiger partial charge < -0.3 is 15.4 Å². The highest BCUT2D eigenvalue weighted by Gasteiger charge is 2.40. The predicted molar refractivity (Wildman–Crippen MR) is 123 cm³/mol. The van der Waals surface area contributed by atoms with Crippen molar-refractivity contribution < 1.29 is 13.2 Å². The molecule has 2 heterocycles. The lowest BCUT2D eigenvalue weighted by molar-refractivity contribution is 0.0283. The molecule has 2 aliphatic carbocycles. The van der Waals surface area contributed by atoms with E-state index in [2.05, 4.69) is 17.6 Å². The standard InChI is InChI=1S/C20H35N3O3S.HI/c1-20(5-7-26-8-6-20)14-22-19(21-12-16-4-9-27(24,25)13-16)23-18-11-15-2-3-17(18)10-15;/h15-18H,2-14H2,1H3,(H2,21,22,23);1H. The third kappa shape index (κ3) is 5.74. The van der Waals surface area contributed by atoms with E-state index < -0.39 is 9.84 Å². The molecule has 0 aromatic carbocycles. The third-order valence-corrected chi connectivity index (χ3v) is 9.10. The van der Waals surface area contributed by atoms with E-state index in [0.29, 0.717) is 24.1 Å². The minimum absolute atomic E-state index is 0. The molecule has 0 spiro atoms. The van der Waals surface area contributed by atoms with Crippen LogP contribution < -0.4 is 10.6 Å². The molecule has 4 atom stereocenters. The van der Waals surface area contributed by atoms with Gasteiger partial charge in [-0.3, -0.25) is 4.99 Å². The molecule has 2 bridgehead atoms. The molecule has 0 aromatic heterocycles. The number of guanidine groups is 1. The quantitative estimate of drug-likeness (QED) is 0.328. The first-order chi connectivity index (χ1) is 12.9. The number of nitrogens with zero attached hydrogens (tertiary/aromatic N) is 1. The largest absolute Gasteiger partial charge is 0.381 e. The second-order valence-corrected chi connectivity index (χ2v) is 11.9. The fourth-order valence-electron chi connectivity index (χ4n) is 5.32. The van der Waals surface area contributed by atoms with Gasteiger partial charge in [-0.15, -0.1) is 24.0 Å². The van der Waals surface area contributed by atoms with Crippen molar-refractivity contribution in [3.8, 4) is 0 Å². The van der Waals surface area contributed by atoms with Crippen LogP contribution in [0.1, 0.15) is 51.9 Å². The predicted octanol–water partition coefficient (Wildman–Crippen LogP) is 2.58. The van der Waals surface area contributed by atoms with Crippen LogP contribution in [-0.4, -0.2) is 58.2 Å². The van der Waals surface area contributed by atoms with Crippen LogP contribution in [0.15, 0.2) is 4.99 Å². The lowest BCUT2D eigenvalue weighted by atomic mass is 9.82. The van der Waals surface area contributed by atoms with Crippen molar-refractivity contribution in [1.82, 2.24) is 10.6 Å². The zero-order valence-electron chi connectivity index (χ0n) is 17.0. The number of rotatable bonds is 5. The van der Waals surface area contributed by atoms with E-state index in [9.17, 15) is 8.42 Å². The molecule has 28 heavy (non-hydrogen) atoms. The van der Waals surface area contributed by atoms with Crippen molar-refractivity contribution in [2.45, 2.75) is 57.9 Å². The highest BCUT2D eigenvalue weighted by Crippen LogP contribution is 2.44. The average Bonchev–Trinajstić information content (AvgIpc) is 3.33. The Balaban J connectivity index is 0.00000225. The molecular weight excluding hydrogens is 489 g/mol. The number of ether oxygens (including phenoxy) is 1. The van der Waals surface area contributed by atoms with E-state index in [4.69, 9.17) is 9.73 Å². The van der Waals surface area contributed by atoms with Gasteiger partial charge in [0, 0.05) is 32.3 Å². The van der Waals surface area contributed by atoms with Crippen molar-refractivity contribution >= 4 is 39.8 Å². The van der Waals surface area contributed by atoms with Gasteiger partial charge in [0.1, 0.15) is 0 Å². The van der Waals surface area contributed by atoms with Crippen LogP contribution in [0.2, 0.25) is 0 Å². The van der Waals surface area contributed by atoms with Crippen LogP contribution in [0.25, 0.3) is 0 Å². The van der Waals surface area contributed by atoms with E-state index in [0.717, 1.165) is 56.8 Å². The molecular formula is C20H36IN3O3S. The summed E-state index contributed by atoms with van der Waals surface area (Å²) in [6.45, 7) is 5.46. The maximum Gasteiger partial charge on any atom is 0.191 e. The summed E-state index contributed by atoms with van der Waals surface area (Å²) in [5, 5.41) is 7.19. The molecule has 8 heteroatoms. The number of nitrogens with one attached hydrogen (secondary N) is 2. The molecule has 6 nitrogen and oxygen atoms in total. The second kappa shape index (κ2) is 9.37. The summed E-state index contributed by atoms with van der Waals surface area (Å²) in [4.78, 5) is 4.95. The molecule has 0 amide bonds. The van der Waals surface area contributed by atoms with Gasteiger partial charge in [-0.05, 0) is 61.7 Å². The number of halogens is 1. The maximum absolute atomic E-state index is 11.7. The van der Waals surface area contributed by atoms with E-state index in [1.165, 1.54) is 25.7 Å². The van der Waals surface area contributed by atoms with Crippen LogP contribution in [0.4, 0.5) is 0 Å². The summed E-state index contributed by atoms with van der Waals surface area (Å²) in [5.74, 6) is 3.43. The lowest BCUT2D eigenvalue weighted by Crippen LogP contribution is -2.47. The number of hydrogen-bond acceptors (Lipinski definition) is 4. The van der Waals surface area contributed by atoms with Crippen LogP contribution in [0.5, 0.6) is 0 Å². The normalized spacial score (nSPS) is 36.1. The third-order valence-electron chi connectivity index (χ3n) is 7.26. The van der Waals surface area contributed by atoms with Gasteiger partial charge >= 0.3 is 0 Å². The Kier molecular flexibility index (Phi) is 7.56. The van der Waals surface area contributed by atoms with Crippen molar-refractivity contribution in [3.63, 3.8) is 0 Å². The van der Waals surface area contributed by atoms with E-state index in [-0.39, 0.29) is 35.3 Å². The molecule has 2 N–H and O–H groups in total. The first-order valence-electron chi connectivity index (χ1n) is 10.7. The molecule has 4 aliphatic rings. The first kappa shape index (κ1) is 22.6. The van der Waals surface area contributed by atoms with E-state index >= 15 is 0 Å². The minimum Gasteiger partial charge on any atom is -0.381 e. The highest BCUT2D eigenvalue weighted by atomic mass is 127. The molecule has 0 aromatic rings. The summed E-state index contributed by atoms with van der Waals surface area (Å²) < 4.78 is 29.0. The van der Waals surface area contributed by atoms with Gasteiger partial charge in [0.2, 0.25) is 0 Å². The topological polar surface area (TPSA) is 79.8 Å². The molecule has 2 saturated heterocycles. The monoisotopic (exact) mass is 525 g/mol. The molecule has 162 valence electrons. The van der Waals surface area contributed by atoms with E-state index in [1.807, 2.05) is 0 Å². The van der Waals surface area contributed by atoms with Crippen LogP contribution in [-0.2, 0) is 14.6 Å². The van der Waals surface area contributed by atoms with Crippen molar-refractivity contribution in [3.05, 3.63) is 0 Å². The van der Waals surface area contributed by atoms with Crippen molar-refractivity contribution in [2.75, 3.05) is 37.8 Å². The molecule has 4 fully saturated rings. The van der Waals surface area contributed by atoms with Gasteiger partial charge in [-0.2, -0.15) is 0 Å². The molecule has 2 aliphatic heterocycles. The number of hydrogen-bond donors (Lipinski definition) is 2. The van der Waals surface area contributed by atoms with Crippen LogP contribution in [0.3, 0.4) is 0 Å². The zero-order chi connectivity index (χ0) is 18.9. The zero-order valence-corrected chi connectivity index (χ0v) is 20.1. The Morgan fingerprint density at radius 1 is 1.18 bits per heavy atom. The van der Waals surface area contributed by atoms with Gasteiger partial charge in [0.15, 0.2) is 15.8 Å². The van der Waals surface area contributed by atoms with Crippen molar-refractivity contribution in [1.29, 1.82) is 0 Å². The number of fused-ring (bicyclic) bond motifs is 2. The molecule has 0 radical (unpaired) electrons. The van der Waals surface area contributed by atoms with Gasteiger partial charge in [-0.1, -0.05) is 13.3 Å². The lowest BCUT2D eigenvalue weighted by Gasteiger charge is -2.32. The summed E-state index contributed by atoms with van der Waals surface area (Å²) in [6.07, 6.45) is 8.23. The van der Waals surface area contributed by atoms with Crippen LogP contribution >= 0.6 is 24.0 Å². The summed E-state index contributed by atoms with van der Waals surface area (Å²) in [6, 6.07) is 0.532. The van der Waals surface area contributed by atoms with Gasteiger partial charge in [0.25, 0.3) is 0 Å². The summed E-state index contributed by atoms with van der Waals surface area (Å²) in [5.41, 5.74) is 0.207. The smallest absolute Gasteiger partial charge is 0.191 e. The number of aliphatic imine (C=N–C) groups is 1. The Morgan fingerprint density at radius 3 is 2.57 bits per heavy atom. The Bertz CT molecular complexity index is 664. The minimum atomic E-state index is -2.83. The summed E-state index contributed by atoms with van der Waals surface area (Å²) >= 11 is 0. The fraction of sp³-hybridized carbons (Fsp3) is 0.950. The highest BCUT2D eigenvalue weighted by molar-refractivity contribution is 14.0. The molecule has 4 rings (SSSR count). The first-order valence-corrected chi connectivity index (χ1v) is 12.6. The van der Waals surface area contributed by atoms with Crippen LogP contribution in [0, 0.1) is 23.2 Å². The van der Waals surface area contributed by atoms with E-state index in [1.54, 1.807) is 0 Å². The average molecular weight is 525 g/mol. The maximum atomic E-state index is 11.7. The molecule has 2 saturated carbocycles. The van der Waals surface area contributed by atoms with Crippen molar-refractivity contribution in [2.24, 2.45) is 28.2 Å². The second-order valence-electron chi connectivity index (χ2n) is 9.66. The number of sulfone groups is 1. The summed E-state index contributed by atoms with van der Waals surface area (Å²) in [7, 11) is -2.83. The van der Waals surface area contributed by atoms with Gasteiger partial charge in [0.05, 0.1) is 11.5 Å². The Morgan fingerprint density at radius 2 is 1.96 bits per heavy atom.